The highest BCUT2D eigenvalue weighted by molar-refractivity contribution is 5.92. The summed E-state index contributed by atoms with van der Waals surface area (Å²) >= 11 is 0. The zero-order valence-electron chi connectivity index (χ0n) is 14.2. The minimum absolute atomic E-state index is 0.00304. The van der Waals surface area contributed by atoms with E-state index in [1.807, 2.05) is 18.0 Å². The molecule has 24 heavy (non-hydrogen) atoms. The number of rotatable bonds is 5. The van der Waals surface area contributed by atoms with Gasteiger partial charge in [0, 0.05) is 32.9 Å². The lowest BCUT2D eigenvalue weighted by atomic mass is 10.2. The van der Waals surface area contributed by atoms with Crippen LogP contribution in [0.4, 0.5) is 0 Å². The third-order valence-corrected chi connectivity index (χ3v) is 4.98. The first-order valence-corrected chi connectivity index (χ1v) is 8.56. The van der Waals surface area contributed by atoms with Gasteiger partial charge in [0.1, 0.15) is 11.5 Å². The second-order valence-corrected chi connectivity index (χ2v) is 6.73. The topological polar surface area (TPSA) is 65.2 Å². The normalized spacial score (nSPS) is 20.2. The van der Waals surface area contributed by atoms with Gasteiger partial charge < -0.3 is 14.2 Å². The molecule has 0 bridgehead atoms. The Bertz CT molecular complexity index is 746. The standard InChI is InChI=1S/C17H23N5O2/c1-12-16-18-9-14(11-24-10-13-3-4-13)22(16)8-7-21(12)17(23)15-5-6-19-20(15)2/h5-6,9,12-13H,3-4,7-8,10-11H2,1-2H3. The smallest absolute Gasteiger partial charge is 0.272 e. The lowest BCUT2D eigenvalue weighted by Gasteiger charge is -2.34. The van der Waals surface area contributed by atoms with E-state index in [4.69, 9.17) is 4.74 Å². The number of carbonyl (C=O) groups is 1. The van der Waals surface area contributed by atoms with Gasteiger partial charge in [-0.1, -0.05) is 0 Å². The van der Waals surface area contributed by atoms with Crippen LogP contribution in [0.5, 0.6) is 0 Å². The van der Waals surface area contributed by atoms with Gasteiger partial charge >= 0.3 is 0 Å². The van der Waals surface area contributed by atoms with Crippen LogP contribution in [0, 0.1) is 5.92 Å². The highest BCUT2D eigenvalue weighted by Gasteiger charge is 2.32. The Balaban J connectivity index is 1.48. The molecule has 0 saturated heterocycles. The Hall–Kier alpha value is -2.15. The summed E-state index contributed by atoms with van der Waals surface area (Å²) in [6.07, 6.45) is 6.13. The van der Waals surface area contributed by atoms with E-state index < -0.39 is 0 Å². The van der Waals surface area contributed by atoms with E-state index in [0.29, 0.717) is 18.8 Å². The first-order chi connectivity index (χ1) is 11.6. The fraction of sp³-hybridized carbons (Fsp3) is 0.588. The van der Waals surface area contributed by atoms with Crippen molar-refractivity contribution in [2.45, 2.75) is 39.0 Å². The Labute approximate surface area is 141 Å². The Morgan fingerprint density at radius 2 is 2.21 bits per heavy atom. The summed E-state index contributed by atoms with van der Waals surface area (Å²) in [4.78, 5) is 19.2. The van der Waals surface area contributed by atoms with Crippen LogP contribution in [0.2, 0.25) is 0 Å². The molecule has 4 rings (SSSR count). The molecule has 1 unspecified atom stereocenters. The van der Waals surface area contributed by atoms with Crippen molar-refractivity contribution in [3.05, 3.63) is 35.7 Å². The number of hydrogen-bond donors (Lipinski definition) is 0. The van der Waals surface area contributed by atoms with Gasteiger partial charge in [-0.3, -0.25) is 9.48 Å². The zero-order chi connectivity index (χ0) is 16.7. The maximum Gasteiger partial charge on any atom is 0.272 e. The highest BCUT2D eigenvalue weighted by Crippen LogP contribution is 2.30. The molecule has 7 nitrogen and oxygen atoms in total. The van der Waals surface area contributed by atoms with Gasteiger partial charge in [0.2, 0.25) is 0 Å². The van der Waals surface area contributed by atoms with Gasteiger partial charge in [-0.15, -0.1) is 0 Å². The van der Waals surface area contributed by atoms with Crippen molar-refractivity contribution in [1.82, 2.24) is 24.2 Å². The quantitative estimate of drug-likeness (QED) is 0.838. The minimum Gasteiger partial charge on any atom is -0.375 e. The molecule has 7 heteroatoms. The summed E-state index contributed by atoms with van der Waals surface area (Å²) in [7, 11) is 1.79. The van der Waals surface area contributed by atoms with Crippen molar-refractivity contribution < 1.29 is 9.53 Å². The summed E-state index contributed by atoms with van der Waals surface area (Å²) < 4.78 is 9.62. The number of hydrogen-bond acceptors (Lipinski definition) is 4. The summed E-state index contributed by atoms with van der Waals surface area (Å²) in [6.45, 7) is 4.91. The van der Waals surface area contributed by atoms with Crippen LogP contribution in [0.25, 0.3) is 0 Å². The molecule has 1 aliphatic heterocycles. The number of fused-ring (bicyclic) bond motifs is 1. The molecule has 0 radical (unpaired) electrons. The number of aromatic nitrogens is 4. The molecule has 1 saturated carbocycles. The summed E-state index contributed by atoms with van der Waals surface area (Å²) in [6, 6.07) is 1.70. The maximum atomic E-state index is 12.8. The fourth-order valence-electron chi connectivity index (χ4n) is 3.30. The third kappa shape index (κ3) is 2.73. The van der Waals surface area contributed by atoms with Crippen LogP contribution in [0.15, 0.2) is 18.5 Å². The molecule has 1 amide bonds. The van der Waals surface area contributed by atoms with Crippen LogP contribution in [-0.4, -0.2) is 43.3 Å². The molecule has 2 aromatic rings. The number of aryl methyl sites for hydroxylation is 1. The van der Waals surface area contributed by atoms with Crippen molar-refractivity contribution in [2.75, 3.05) is 13.2 Å². The van der Waals surface area contributed by atoms with Gasteiger partial charge in [-0.25, -0.2) is 4.98 Å². The van der Waals surface area contributed by atoms with Crippen LogP contribution in [0.3, 0.4) is 0 Å². The maximum absolute atomic E-state index is 12.8. The lowest BCUT2D eigenvalue weighted by Crippen LogP contribution is -2.42. The van der Waals surface area contributed by atoms with Crippen LogP contribution in [-0.2, 0) is 24.9 Å². The average Bonchev–Trinajstić information content (AvgIpc) is 3.14. The molecule has 3 heterocycles. The molecular weight excluding hydrogens is 306 g/mol. The van der Waals surface area contributed by atoms with E-state index in [9.17, 15) is 4.79 Å². The molecule has 0 spiro atoms. The predicted molar refractivity (Wildman–Crippen MR) is 87.3 cm³/mol. The lowest BCUT2D eigenvalue weighted by molar-refractivity contribution is 0.0615. The van der Waals surface area contributed by atoms with Crippen molar-refractivity contribution in [1.29, 1.82) is 0 Å². The van der Waals surface area contributed by atoms with Gasteiger partial charge in [0.05, 0.1) is 24.5 Å². The van der Waals surface area contributed by atoms with Crippen LogP contribution < -0.4 is 0 Å². The summed E-state index contributed by atoms with van der Waals surface area (Å²) in [5, 5.41) is 4.09. The molecule has 2 aliphatic rings. The Morgan fingerprint density at radius 1 is 1.38 bits per heavy atom. The molecule has 0 N–H and O–H groups in total. The average molecular weight is 329 g/mol. The Morgan fingerprint density at radius 3 is 2.92 bits per heavy atom. The van der Waals surface area contributed by atoms with Crippen LogP contribution in [0.1, 0.15) is 47.8 Å². The molecule has 1 fully saturated rings. The minimum atomic E-state index is -0.0571. The number of amides is 1. The molecule has 2 aromatic heterocycles. The third-order valence-electron chi connectivity index (χ3n) is 4.98. The molecule has 1 atom stereocenters. The molecule has 0 aromatic carbocycles. The van der Waals surface area contributed by atoms with Gasteiger partial charge in [0.15, 0.2) is 0 Å². The molecular formula is C17H23N5O2. The van der Waals surface area contributed by atoms with Crippen molar-refractivity contribution >= 4 is 5.91 Å². The predicted octanol–water partition coefficient (Wildman–Crippen LogP) is 1.76. The Kier molecular flexibility index (Phi) is 3.88. The largest absolute Gasteiger partial charge is 0.375 e. The zero-order valence-corrected chi connectivity index (χ0v) is 14.2. The van der Waals surface area contributed by atoms with E-state index in [2.05, 4.69) is 14.6 Å². The van der Waals surface area contributed by atoms with Crippen LogP contribution >= 0.6 is 0 Å². The number of ether oxygens (including phenoxy) is 1. The van der Waals surface area contributed by atoms with E-state index in [-0.39, 0.29) is 11.9 Å². The molecule has 1 aliphatic carbocycles. The van der Waals surface area contributed by atoms with Gasteiger partial charge in [-0.05, 0) is 31.7 Å². The van der Waals surface area contributed by atoms with E-state index in [1.165, 1.54) is 12.8 Å². The second kappa shape index (κ2) is 6.05. The van der Waals surface area contributed by atoms with E-state index in [1.54, 1.807) is 24.0 Å². The second-order valence-electron chi connectivity index (χ2n) is 6.73. The highest BCUT2D eigenvalue weighted by atomic mass is 16.5. The summed E-state index contributed by atoms with van der Waals surface area (Å²) in [5.74, 6) is 1.70. The van der Waals surface area contributed by atoms with Crippen molar-refractivity contribution in [3.63, 3.8) is 0 Å². The SMILES string of the molecule is CC1c2ncc(COCC3CC3)n2CCN1C(=O)c1ccnn1C. The number of carbonyl (C=O) groups excluding carboxylic acids is 1. The first kappa shape index (κ1) is 15.4. The monoisotopic (exact) mass is 329 g/mol. The number of imidazole rings is 1. The summed E-state index contributed by atoms with van der Waals surface area (Å²) in [5.41, 5.74) is 1.71. The first-order valence-electron chi connectivity index (χ1n) is 8.56. The van der Waals surface area contributed by atoms with E-state index >= 15 is 0 Å². The fourth-order valence-corrected chi connectivity index (χ4v) is 3.30. The molecule has 128 valence electrons. The van der Waals surface area contributed by atoms with Crippen molar-refractivity contribution in [2.24, 2.45) is 13.0 Å². The van der Waals surface area contributed by atoms with E-state index in [0.717, 1.165) is 30.6 Å². The van der Waals surface area contributed by atoms with Gasteiger partial charge in [0.25, 0.3) is 5.91 Å². The van der Waals surface area contributed by atoms with Gasteiger partial charge in [-0.2, -0.15) is 5.10 Å². The van der Waals surface area contributed by atoms with Crippen molar-refractivity contribution in [3.8, 4) is 0 Å². The number of nitrogens with zero attached hydrogens (tertiary/aromatic N) is 5.